The minimum atomic E-state index is -0.506. The van der Waals surface area contributed by atoms with E-state index in [0.29, 0.717) is 0 Å². The highest BCUT2D eigenvalue weighted by Gasteiger charge is 2.45. The van der Waals surface area contributed by atoms with Crippen LogP contribution in [0.2, 0.25) is 0 Å². The van der Waals surface area contributed by atoms with E-state index in [4.69, 9.17) is 4.74 Å². The molecule has 0 spiro atoms. The number of rotatable bonds is 2. The number of aldehydes is 1. The van der Waals surface area contributed by atoms with Crippen molar-refractivity contribution in [3.8, 4) is 0 Å². The molecule has 0 aromatic heterocycles. The lowest BCUT2D eigenvalue weighted by atomic mass is 9.90. The molecule has 1 fully saturated rings. The van der Waals surface area contributed by atoms with E-state index in [1.807, 2.05) is 20.8 Å². The van der Waals surface area contributed by atoms with E-state index in [0.717, 1.165) is 12.7 Å². The van der Waals surface area contributed by atoms with Gasteiger partial charge in [0.15, 0.2) is 0 Å². The fraction of sp³-hybridized carbons (Fsp3) is 0.692. The van der Waals surface area contributed by atoms with E-state index in [9.17, 15) is 9.59 Å². The van der Waals surface area contributed by atoms with Gasteiger partial charge in [-0.1, -0.05) is 12.2 Å². The first-order valence-electron chi connectivity index (χ1n) is 6.04. The Balaban J connectivity index is 1.97. The third-order valence-corrected chi connectivity index (χ3v) is 3.36. The molecule has 0 aliphatic heterocycles. The van der Waals surface area contributed by atoms with Crippen molar-refractivity contribution in [1.29, 1.82) is 0 Å². The molecule has 0 heterocycles. The predicted octanol–water partition coefficient (Wildman–Crippen LogP) is 1.90. The van der Waals surface area contributed by atoms with E-state index < -0.39 is 11.7 Å². The van der Waals surface area contributed by atoms with Gasteiger partial charge in [0.25, 0.3) is 0 Å². The Morgan fingerprint density at radius 3 is 2.59 bits per heavy atom. The lowest BCUT2D eigenvalue weighted by Crippen LogP contribution is -2.45. The predicted molar refractivity (Wildman–Crippen MR) is 63.4 cm³/mol. The molecule has 2 aliphatic rings. The van der Waals surface area contributed by atoms with Crippen LogP contribution in [-0.2, 0) is 9.53 Å². The average molecular weight is 237 g/mol. The van der Waals surface area contributed by atoms with Crippen LogP contribution >= 0.6 is 0 Å². The Kier molecular flexibility index (Phi) is 2.98. The van der Waals surface area contributed by atoms with Gasteiger partial charge in [-0.3, -0.25) is 0 Å². The highest BCUT2D eigenvalue weighted by Crippen LogP contribution is 2.42. The fourth-order valence-corrected chi connectivity index (χ4v) is 2.69. The summed E-state index contributed by atoms with van der Waals surface area (Å²) in [6, 6.07) is -0.0997. The van der Waals surface area contributed by atoms with E-state index >= 15 is 0 Å². The zero-order chi connectivity index (χ0) is 12.6. The van der Waals surface area contributed by atoms with E-state index in [2.05, 4.69) is 17.5 Å². The van der Waals surface area contributed by atoms with E-state index in [-0.39, 0.29) is 23.8 Å². The highest BCUT2D eigenvalue weighted by molar-refractivity contribution is 5.70. The molecular weight excluding hydrogens is 218 g/mol. The normalized spacial score (nSPS) is 34.8. The van der Waals surface area contributed by atoms with E-state index in [1.54, 1.807) is 0 Å². The number of carbonyl (C=O) groups excluding carboxylic acids is 2. The molecular formula is C13H19NO3. The SMILES string of the molecule is CC(C)(C)OC(=O)N[C@H]1[C@@H](C=O)[C@H]2C=C[C@@H]1C2. The molecule has 1 saturated carbocycles. The third kappa shape index (κ3) is 2.51. The van der Waals surface area contributed by atoms with Crippen LogP contribution in [0.5, 0.6) is 0 Å². The summed E-state index contributed by atoms with van der Waals surface area (Å²) < 4.78 is 5.21. The van der Waals surface area contributed by atoms with Gasteiger partial charge >= 0.3 is 6.09 Å². The molecule has 4 heteroatoms. The minimum Gasteiger partial charge on any atom is -0.444 e. The second kappa shape index (κ2) is 4.17. The Bertz CT molecular complexity index is 356. The zero-order valence-corrected chi connectivity index (χ0v) is 10.5. The van der Waals surface area contributed by atoms with Crippen molar-refractivity contribution >= 4 is 12.4 Å². The Morgan fingerprint density at radius 2 is 2.00 bits per heavy atom. The highest BCUT2D eigenvalue weighted by atomic mass is 16.6. The van der Waals surface area contributed by atoms with Gasteiger partial charge in [-0.15, -0.1) is 0 Å². The molecule has 0 aromatic carbocycles. The third-order valence-electron chi connectivity index (χ3n) is 3.36. The van der Waals surface area contributed by atoms with Gasteiger partial charge in [0.1, 0.15) is 11.9 Å². The lowest BCUT2D eigenvalue weighted by Gasteiger charge is -2.27. The maximum absolute atomic E-state index is 11.7. The van der Waals surface area contributed by atoms with Gasteiger partial charge in [0.2, 0.25) is 0 Å². The maximum atomic E-state index is 11.7. The molecule has 2 aliphatic carbocycles. The van der Waals surface area contributed by atoms with Crippen LogP contribution in [0.4, 0.5) is 4.79 Å². The summed E-state index contributed by atoms with van der Waals surface area (Å²) in [7, 11) is 0. The second-order valence-electron chi connectivity index (χ2n) is 5.83. The quantitative estimate of drug-likeness (QED) is 0.589. The number of nitrogens with one attached hydrogen (secondary N) is 1. The molecule has 0 aromatic rings. The molecule has 4 atom stereocenters. The topological polar surface area (TPSA) is 55.4 Å². The Hall–Kier alpha value is -1.32. The molecule has 0 unspecified atom stereocenters. The summed E-state index contributed by atoms with van der Waals surface area (Å²) in [6.45, 7) is 5.47. The molecule has 4 nitrogen and oxygen atoms in total. The molecule has 17 heavy (non-hydrogen) atoms. The van der Waals surface area contributed by atoms with Crippen molar-refractivity contribution in [2.45, 2.75) is 38.8 Å². The van der Waals surface area contributed by atoms with Crippen LogP contribution < -0.4 is 5.32 Å². The summed E-state index contributed by atoms with van der Waals surface area (Å²) in [6.07, 6.45) is 5.65. The number of hydrogen-bond donors (Lipinski definition) is 1. The smallest absolute Gasteiger partial charge is 0.407 e. The standard InChI is InChI=1S/C13H19NO3/c1-13(2,3)17-12(16)14-11-9-5-4-8(6-9)10(11)7-15/h4-5,7-11H,6H2,1-3H3,(H,14,16)/t8-,9+,10-,11+/m0/s1. The number of carbonyl (C=O) groups is 2. The van der Waals surface area contributed by atoms with Gasteiger partial charge < -0.3 is 14.8 Å². The first kappa shape index (κ1) is 12.1. The van der Waals surface area contributed by atoms with Gasteiger partial charge in [0.05, 0.1) is 0 Å². The summed E-state index contributed by atoms with van der Waals surface area (Å²) in [5, 5.41) is 2.82. The summed E-state index contributed by atoms with van der Waals surface area (Å²) in [5.41, 5.74) is -0.506. The lowest BCUT2D eigenvalue weighted by molar-refractivity contribution is -0.112. The summed E-state index contributed by atoms with van der Waals surface area (Å²) >= 11 is 0. The van der Waals surface area contributed by atoms with Gasteiger partial charge in [0, 0.05) is 12.0 Å². The number of hydrogen-bond acceptors (Lipinski definition) is 3. The van der Waals surface area contributed by atoms with Crippen molar-refractivity contribution in [1.82, 2.24) is 5.32 Å². The molecule has 1 amide bonds. The monoisotopic (exact) mass is 237 g/mol. The van der Waals surface area contributed by atoms with Crippen LogP contribution in [0.3, 0.4) is 0 Å². The molecule has 1 N–H and O–H groups in total. The first-order chi connectivity index (χ1) is 7.90. The first-order valence-corrected chi connectivity index (χ1v) is 6.04. The minimum absolute atomic E-state index is 0.0995. The zero-order valence-electron chi connectivity index (χ0n) is 10.5. The van der Waals surface area contributed by atoms with Crippen LogP contribution in [0.25, 0.3) is 0 Å². The van der Waals surface area contributed by atoms with Crippen molar-refractivity contribution in [3.05, 3.63) is 12.2 Å². The largest absolute Gasteiger partial charge is 0.444 e. The van der Waals surface area contributed by atoms with Crippen LogP contribution in [0, 0.1) is 17.8 Å². The maximum Gasteiger partial charge on any atom is 0.407 e. The van der Waals surface area contributed by atoms with Crippen LogP contribution in [0.15, 0.2) is 12.2 Å². The molecule has 0 radical (unpaired) electrons. The second-order valence-corrected chi connectivity index (χ2v) is 5.83. The van der Waals surface area contributed by atoms with Crippen molar-refractivity contribution in [3.63, 3.8) is 0 Å². The van der Waals surface area contributed by atoms with Gasteiger partial charge in [-0.05, 0) is 39.0 Å². The average Bonchev–Trinajstić information content (AvgIpc) is 2.74. The van der Waals surface area contributed by atoms with Crippen molar-refractivity contribution in [2.24, 2.45) is 17.8 Å². The number of allylic oxidation sites excluding steroid dienone is 1. The number of fused-ring (bicyclic) bond motifs is 2. The van der Waals surface area contributed by atoms with Crippen LogP contribution in [-0.4, -0.2) is 24.0 Å². The molecule has 0 saturated heterocycles. The molecule has 2 bridgehead atoms. The van der Waals surface area contributed by atoms with Gasteiger partial charge in [-0.25, -0.2) is 4.79 Å². The van der Waals surface area contributed by atoms with Crippen molar-refractivity contribution in [2.75, 3.05) is 0 Å². The Labute approximate surface area is 101 Å². The molecule has 94 valence electrons. The van der Waals surface area contributed by atoms with Gasteiger partial charge in [-0.2, -0.15) is 0 Å². The number of ether oxygens (including phenoxy) is 1. The Morgan fingerprint density at radius 1 is 1.35 bits per heavy atom. The summed E-state index contributed by atoms with van der Waals surface area (Å²) in [4.78, 5) is 22.7. The molecule has 2 rings (SSSR count). The number of amides is 1. The van der Waals surface area contributed by atoms with Crippen LogP contribution in [0.1, 0.15) is 27.2 Å². The fourth-order valence-electron chi connectivity index (χ4n) is 2.69. The van der Waals surface area contributed by atoms with E-state index in [1.165, 1.54) is 0 Å². The summed E-state index contributed by atoms with van der Waals surface area (Å²) in [5.74, 6) is 0.470. The number of alkyl carbamates (subject to hydrolysis) is 1. The van der Waals surface area contributed by atoms with Crippen molar-refractivity contribution < 1.29 is 14.3 Å².